The van der Waals surface area contributed by atoms with Gasteiger partial charge >= 0.3 is 0 Å². The molecule has 1 aromatic heterocycles. The Morgan fingerprint density at radius 1 is 1.19 bits per heavy atom. The van der Waals surface area contributed by atoms with Gasteiger partial charge in [0.2, 0.25) is 11.8 Å². The summed E-state index contributed by atoms with van der Waals surface area (Å²) in [6.07, 6.45) is 0.817. The third-order valence-corrected chi connectivity index (χ3v) is 4.63. The van der Waals surface area contributed by atoms with Crippen LogP contribution in [0.3, 0.4) is 0 Å². The van der Waals surface area contributed by atoms with Gasteiger partial charge in [-0.05, 0) is 5.56 Å². The molecule has 3 rings (SSSR count). The van der Waals surface area contributed by atoms with Gasteiger partial charge in [-0.1, -0.05) is 30.3 Å². The number of carbonyl (C=O) groups is 3. The summed E-state index contributed by atoms with van der Waals surface area (Å²) in [5.74, 6) is -0.651. The minimum Gasteiger partial charge on any atom is -0.302 e. The predicted octanol–water partition coefficient (Wildman–Crippen LogP) is 2.70. The fourth-order valence-electron chi connectivity index (χ4n) is 2.49. The molecular weight excluding hydrogens is 352 g/mol. The summed E-state index contributed by atoms with van der Waals surface area (Å²) in [5.41, 5.74) is 2.20. The average Bonchev–Trinajstić information content (AvgIpc) is 3.30. The Hall–Kier alpha value is -2.87. The second kappa shape index (κ2) is 8.01. The maximum atomic E-state index is 12.3. The number of hydrazone groups is 1. The highest BCUT2D eigenvalue weighted by Gasteiger charge is 2.22. The SMILES string of the molecule is CC(=O)c1csc(NC(=O)CCC(=O)N2CCC(c3ccccc3)=N2)n1. The molecule has 134 valence electrons. The van der Waals surface area contributed by atoms with Gasteiger partial charge < -0.3 is 5.32 Å². The zero-order valence-corrected chi connectivity index (χ0v) is 15.1. The summed E-state index contributed by atoms with van der Waals surface area (Å²) >= 11 is 1.18. The molecular formula is C18H18N4O3S. The number of rotatable bonds is 6. The molecule has 1 aliphatic heterocycles. The smallest absolute Gasteiger partial charge is 0.243 e. The number of Topliss-reactive ketones (excluding diaryl/α,β-unsaturated/α-hetero) is 1. The van der Waals surface area contributed by atoms with Crippen LogP contribution in [0.1, 0.15) is 42.2 Å². The lowest BCUT2D eigenvalue weighted by Gasteiger charge is -2.10. The molecule has 0 radical (unpaired) electrons. The summed E-state index contributed by atoms with van der Waals surface area (Å²) in [6.45, 7) is 1.94. The molecule has 0 saturated carbocycles. The molecule has 0 bridgehead atoms. The first kappa shape index (κ1) is 17.9. The van der Waals surface area contributed by atoms with Crippen LogP contribution in [-0.2, 0) is 9.59 Å². The topological polar surface area (TPSA) is 91.7 Å². The fourth-order valence-corrected chi connectivity index (χ4v) is 3.26. The van der Waals surface area contributed by atoms with E-state index in [0.717, 1.165) is 11.3 Å². The largest absolute Gasteiger partial charge is 0.302 e. The van der Waals surface area contributed by atoms with E-state index in [9.17, 15) is 14.4 Å². The van der Waals surface area contributed by atoms with Crippen LogP contribution in [0.5, 0.6) is 0 Å². The van der Waals surface area contributed by atoms with Crippen LogP contribution in [0.25, 0.3) is 0 Å². The third-order valence-electron chi connectivity index (χ3n) is 3.87. The van der Waals surface area contributed by atoms with Crippen molar-refractivity contribution in [1.29, 1.82) is 0 Å². The molecule has 0 fully saturated rings. The number of anilines is 1. The molecule has 2 amide bonds. The van der Waals surface area contributed by atoms with E-state index < -0.39 is 0 Å². The van der Waals surface area contributed by atoms with E-state index >= 15 is 0 Å². The summed E-state index contributed by atoms with van der Waals surface area (Å²) in [7, 11) is 0. The molecule has 0 unspecified atom stereocenters. The Labute approximate surface area is 154 Å². The lowest BCUT2D eigenvalue weighted by molar-refractivity contribution is -0.132. The van der Waals surface area contributed by atoms with Gasteiger partial charge in [0.15, 0.2) is 10.9 Å². The number of nitrogens with zero attached hydrogens (tertiary/aromatic N) is 3. The van der Waals surface area contributed by atoms with Crippen LogP contribution >= 0.6 is 11.3 Å². The fraction of sp³-hybridized carbons (Fsp3) is 0.278. The van der Waals surface area contributed by atoms with Gasteiger partial charge in [-0.2, -0.15) is 5.10 Å². The number of nitrogens with one attached hydrogen (secondary N) is 1. The van der Waals surface area contributed by atoms with E-state index in [1.165, 1.54) is 23.3 Å². The van der Waals surface area contributed by atoms with Crippen LogP contribution in [0.15, 0.2) is 40.8 Å². The maximum absolute atomic E-state index is 12.3. The van der Waals surface area contributed by atoms with E-state index in [-0.39, 0.29) is 30.4 Å². The Balaban J connectivity index is 1.50. The monoisotopic (exact) mass is 370 g/mol. The summed E-state index contributed by atoms with van der Waals surface area (Å²) < 4.78 is 0. The molecule has 0 aliphatic carbocycles. The molecule has 2 heterocycles. The molecule has 26 heavy (non-hydrogen) atoms. The number of benzene rings is 1. The van der Waals surface area contributed by atoms with E-state index in [1.807, 2.05) is 30.3 Å². The first-order valence-electron chi connectivity index (χ1n) is 8.22. The number of thiazole rings is 1. The molecule has 1 N–H and O–H groups in total. The van der Waals surface area contributed by atoms with E-state index in [4.69, 9.17) is 0 Å². The summed E-state index contributed by atoms with van der Waals surface area (Å²) in [6, 6.07) is 9.72. The van der Waals surface area contributed by atoms with Crippen molar-refractivity contribution in [2.45, 2.75) is 26.2 Å². The Kier molecular flexibility index (Phi) is 5.52. The highest BCUT2D eigenvalue weighted by molar-refractivity contribution is 7.14. The number of hydrogen-bond acceptors (Lipinski definition) is 6. The number of ketones is 1. The van der Waals surface area contributed by atoms with Crippen LogP contribution in [0.4, 0.5) is 5.13 Å². The predicted molar refractivity (Wildman–Crippen MR) is 99.3 cm³/mol. The summed E-state index contributed by atoms with van der Waals surface area (Å²) in [5, 5.41) is 10.3. The highest BCUT2D eigenvalue weighted by Crippen LogP contribution is 2.17. The molecule has 7 nitrogen and oxygen atoms in total. The first-order chi connectivity index (χ1) is 12.5. The van der Waals surface area contributed by atoms with Crippen molar-refractivity contribution in [3.05, 3.63) is 47.0 Å². The molecule has 1 aromatic carbocycles. The van der Waals surface area contributed by atoms with Crippen molar-refractivity contribution in [2.24, 2.45) is 5.10 Å². The minimum atomic E-state index is -0.311. The number of aromatic nitrogens is 1. The maximum Gasteiger partial charge on any atom is 0.243 e. The van der Waals surface area contributed by atoms with Crippen molar-refractivity contribution < 1.29 is 14.4 Å². The van der Waals surface area contributed by atoms with Gasteiger partial charge in [0.25, 0.3) is 0 Å². The Morgan fingerprint density at radius 2 is 1.96 bits per heavy atom. The molecule has 0 saturated heterocycles. The number of hydrogen-bond donors (Lipinski definition) is 1. The Morgan fingerprint density at radius 3 is 2.65 bits per heavy atom. The molecule has 2 aromatic rings. The first-order valence-corrected chi connectivity index (χ1v) is 9.10. The average molecular weight is 370 g/mol. The molecule has 8 heteroatoms. The van der Waals surface area contributed by atoms with Gasteiger partial charge in [-0.3, -0.25) is 14.4 Å². The van der Waals surface area contributed by atoms with E-state index in [2.05, 4.69) is 15.4 Å². The number of carbonyl (C=O) groups excluding carboxylic acids is 3. The van der Waals surface area contributed by atoms with Crippen molar-refractivity contribution in [3.63, 3.8) is 0 Å². The van der Waals surface area contributed by atoms with Crippen LogP contribution in [0, 0.1) is 0 Å². The Bertz CT molecular complexity index is 860. The van der Waals surface area contributed by atoms with Crippen molar-refractivity contribution in [3.8, 4) is 0 Å². The van der Waals surface area contributed by atoms with E-state index in [1.54, 1.807) is 5.38 Å². The quantitative estimate of drug-likeness (QED) is 0.792. The lowest BCUT2D eigenvalue weighted by Crippen LogP contribution is -2.25. The lowest BCUT2D eigenvalue weighted by atomic mass is 10.1. The highest BCUT2D eigenvalue weighted by atomic mass is 32.1. The zero-order valence-electron chi connectivity index (χ0n) is 14.3. The van der Waals surface area contributed by atoms with Gasteiger partial charge in [0.1, 0.15) is 5.69 Å². The van der Waals surface area contributed by atoms with Crippen LogP contribution in [0.2, 0.25) is 0 Å². The third kappa shape index (κ3) is 4.40. The van der Waals surface area contributed by atoms with Gasteiger partial charge in [-0.25, -0.2) is 9.99 Å². The molecule has 0 atom stereocenters. The standard InChI is InChI=1S/C18H18N4O3S/c1-12(23)15-11-26-18(19-15)20-16(24)7-8-17(25)22-10-9-14(21-22)13-5-3-2-4-6-13/h2-6,11H,7-10H2,1H3,(H,19,20,24). The second-order valence-electron chi connectivity index (χ2n) is 5.82. The van der Waals surface area contributed by atoms with Crippen molar-refractivity contribution >= 4 is 39.8 Å². The van der Waals surface area contributed by atoms with Crippen molar-refractivity contribution in [1.82, 2.24) is 9.99 Å². The zero-order chi connectivity index (χ0) is 18.5. The van der Waals surface area contributed by atoms with Gasteiger partial charge in [0, 0.05) is 31.6 Å². The van der Waals surface area contributed by atoms with Crippen LogP contribution < -0.4 is 5.32 Å². The van der Waals surface area contributed by atoms with Crippen molar-refractivity contribution in [2.75, 3.05) is 11.9 Å². The van der Waals surface area contributed by atoms with Gasteiger partial charge in [0.05, 0.1) is 12.3 Å². The van der Waals surface area contributed by atoms with Gasteiger partial charge in [-0.15, -0.1) is 11.3 Å². The van der Waals surface area contributed by atoms with E-state index in [0.29, 0.717) is 23.8 Å². The molecule has 0 spiro atoms. The minimum absolute atomic E-state index is 0.0422. The molecule has 1 aliphatic rings. The number of amides is 2. The van der Waals surface area contributed by atoms with Crippen LogP contribution in [-0.4, -0.2) is 39.8 Å². The summed E-state index contributed by atoms with van der Waals surface area (Å²) in [4.78, 5) is 39.4. The second-order valence-corrected chi connectivity index (χ2v) is 6.68. The normalized spacial score (nSPS) is 13.4.